The van der Waals surface area contributed by atoms with Crippen LogP contribution in [0.5, 0.6) is 5.75 Å². The first-order valence-electron chi connectivity index (χ1n) is 10.1. The van der Waals surface area contributed by atoms with Gasteiger partial charge in [-0.3, -0.25) is 4.79 Å². The van der Waals surface area contributed by atoms with E-state index in [-0.39, 0.29) is 24.8 Å². The number of alkyl halides is 3. The summed E-state index contributed by atoms with van der Waals surface area (Å²) >= 11 is 0. The van der Waals surface area contributed by atoms with Crippen LogP contribution in [-0.2, 0) is 12.7 Å². The molecule has 3 aromatic rings. The van der Waals surface area contributed by atoms with Crippen LogP contribution in [0.25, 0.3) is 0 Å². The maximum Gasteiger partial charge on any atom is 0.416 e. The molecule has 0 saturated carbocycles. The minimum Gasteiger partial charge on any atom is -0.491 e. The second kappa shape index (κ2) is 10.3. The van der Waals surface area contributed by atoms with E-state index in [0.29, 0.717) is 12.1 Å². The molecule has 1 N–H and O–H groups in total. The van der Waals surface area contributed by atoms with Gasteiger partial charge in [-0.25, -0.2) is 0 Å². The number of aliphatic hydroxyl groups excluding tert-OH is 1. The molecular formula is C25H24F3NO3. The van der Waals surface area contributed by atoms with Crippen molar-refractivity contribution in [3.8, 4) is 5.75 Å². The minimum atomic E-state index is -4.42. The average Bonchev–Trinajstić information content (AvgIpc) is 2.78. The van der Waals surface area contributed by atoms with E-state index in [1.165, 1.54) is 12.1 Å². The Morgan fingerprint density at radius 3 is 2.22 bits per heavy atom. The minimum absolute atomic E-state index is 0.00268. The summed E-state index contributed by atoms with van der Waals surface area (Å²) in [6, 6.07) is 20.7. The Morgan fingerprint density at radius 2 is 1.59 bits per heavy atom. The topological polar surface area (TPSA) is 49.8 Å². The Hall–Kier alpha value is -3.32. The lowest BCUT2D eigenvalue weighted by Crippen LogP contribution is -2.39. The molecule has 0 bridgehead atoms. The molecule has 168 valence electrons. The normalized spacial score (nSPS) is 12.3. The number of aryl methyl sites for hydroxylation is 1. The largest absolute Gasteiger partial charge is 0.491 e. The second-order valence-corrected chi connectivity index (χ2v) is 7.47. The Balaban J connectivity index is 1.68. The first-order valence-corrected chi connectivity index (χ1v) is 10.1. The molecule has 0 aliphatic rings. The third kappa shape index (κ3) is 6.34. The molecule has 1 amide bonds. The highest BCUT2D eigenvalue weighted by Gasteiger charge is 2.30. The summed E-state index contributed by atoms with van der Waals surface area (Å²) in [7, 11) is 0. The number of nitrogens with zero attached hydrogens (tertiary/aromatic N) is 1. The molecule has 0 aliphatic carbocycles. The fourth-order valence-electron chi connectivity index (χ4n) is 3.22. The highest BCUT2D eigenvalue weighted by atomic mass is 19.4. The van der Waals surface area contributed by atoms with E-state index < -0.39 is 17.8 Å². The van der Waals surface area contributed by atoms with Gasteiger partial charge in [-0.15, -0.1) is 0 Å². The summed E-state index contributed by atoms with van der Waals surface area (Å²) in [5.41, 5.74) is 1.70. The quantitative estimate of drug-likeness (QED) is 0.527. The van der Waals surface area contributed by atoms with Gasteiger partial charge in [0, 0.05) is 12.1 Å². The van der Waals surface area contributed by atoms with Gasteiger partial charge in [0.25, 0.3) is 5.91 Å². The summed E-state index contributed by atoms with van der Waals surface area (Å²) in [5, 5.41) is 10.5. The van der Waals surface area contributed by atoms with Gasteiger partial charge in [-0.1, -0.05) is 42.5 Å². The molecule has 3 aromatic carbocycles. The standard InChI is InChI=1S/C25H24F3NO3/c1-18-7-5-6-10-20(18)15-29(24(31)19-8-3-2-4-9-19)16-22(30)17-32-23-13-11-21(12-14-23)25(26,27)28/h2-14,22,30H,15-17H2,1H3. The molecule has 0 spiro atoms. The first-order chi connectivity index (χ1) is 15.2. The van der Waals surface area contributed by atoms with Crippen LogP contribution in [0.2, 0.25) is 0 Å². The number of hydrogen-bond acceptors (Lipinski definition) is 3. The zero-order chi connectivity index (χ0) is 23.1. The van der Waals surface area contributed by atoms with Gasteiger partial charge < -0.3 is 14.7 Å². The van der Waals surface area contributed by atoms with Crippen molar-refractivity contribution in [2.75, 3.05) is 13.2 Å². The lowest BCUT2D eigenvalue weighted by molar-refractivity contribution is -0.137. The van der Waals surface area contributed by atoms with Gasteiger partial charge in [0.15, 0.2) is 0 Å². The molecule has 0 heterocycles. The Morgan fingerprint density at radius 1 is 0.969 bits per heavy atom. The van der Waals surface area contributed by atoms with Crippen LogP contribution in [0.15, 0.2) is 78.9 Å². The van der Waals surface area contributed by atoms with E-state index in [0.717, 1.165) is 23.3 Å². The number of rotatable bonds is 8. The molecule has 0 saturated heterocycles. The van der Waals surface area contributed by atoms with Crippen molar-refractivity contribution in [2.45, 2.75) is 25.7 Å². The summed E-state index contributed by atoms with van der Waals surface area (Å²) in [5.74, 6) is -0.0284. The first kappa shape index (κ1) is 23.3. The van der Waals surface area contributed by atoms with E-state index in [1.54, 1.807) is 29.2 Å². The van der Waals surface area contributed by atoms with Gasteiger partial charge in [0.1, 0.15) is 18.5 Å². The molecule has 0 aromatic heterocycles. The Bertz CT molecular complexity index is 1020. The van der Waals surface area contributed by atoms with E-state index in [1.807, 2.05) is 37.3 Å². The maximum absolute atomic E-state index is 13.1. The molecule has 32 heavy (non-hydrogen) atoms. The number of aliphatic hydroxyl groups is 1. The maximum atomic E-state index is 13.1. The van der Waals surface area contributed by atoms with Crippen LogP contribution in [0.3, 0.4) is 0 Å². The van der Waals surface area contributed by atoms with Crippen LogP contribution in [-0.4, -0.2) is 35.2 Å². The van der Waals surface area contributed by atoms with E-state index >= 15 is 0 Å². The van der Waals surface area contributed by atoms with Crippen molar-refractivity contribution in [3.05, 3.63) is 101 Å². The zero-order valence-electron chi connectivity index (χ0n) is 17.5. The third-order valence-corrected chi connectivity index (χ3v) is 4.99. The summed E-state index contributed by atoms with van der Waals surface area (Å²) < 4.78 is 43.5. The van der Waals surface area contributed by atoms with E-state index in [9.17, 15) is 23.1 Å². The highest BCUT2D eigenvalue weighted by Crippen LogP contribution is 2.30. The second-order valence-electron chi connectivity index (χ2n) is 7.47. The van der Waals surface area contributed by atoms with E-state index in [4.69, 9.17) is 4.74 Å². The Labute approximate surface area is 184 Å². The molecule has 0 fully saturated rings. The van der Waals surface area contributed by atoms with Crippen LogP contribution in [0.1, 0.15) is 27.0 Å². The third-order valence-electron chi connectivity index (χ3n) is 4.99. The van der Waals surface area contributed by atoms with Crippen LogP contribution in [0.4, 0.5) is 13.2 Å². The summed E-state index contributed by atoms with van der Waals surface area (Å²) in [6.07, 6.45) is -5.46. The number of amides is 1. The predicted molar refractivity (Wildman–Crippen MR) is 115 cm³/mol. The number of halogens is 3. The molecule has 0 radical (unpaired) electrons. The highest BCUT2D eigenvalue weighted by molar-refractivity contribution is 5.94. The molecule has 1 unspecified atom stereocenters. The predicted octanol–water partition coefficient (Wildman–Crippen LogP) is 5.10. The van der Waals surface area contributed by atoms with Gasteiger partial charge in [0.2, 0.25) is 0 Å². The lowest BCUT2D eigenvalue weighted by atomic mass is 10.1. The molecular weight excluding hydrogens is 419 g/mol. The summed E-state index contributed by atoms with van der Waals surface area (Å²) in [6.45, 7) is 2.09. The molecule has 1 atom stereocenters. The Kier molecular flexibility index (Phi) is 7.53. The molecule has 4 nitrogen and oxygen atoms in total. The smallest absolute Gasteiger partial charge is 0.416 e. The number of hydrogen-bond donors (Lipinski definition) is 1. The van der Waals surface area contributed by atoms with Crippen molar-refractivity contribution in [1.82, 2.24) is 4.90 Å². The zero-order valence-corrected chi connectivity index (χ0v) is 17.5. The van der Waals surface area contributed by atoms with Crippen LogP contribution < -0.4 is 4.74 Å². The number of carbonyl (C=O) groups is 1. The van der Waals surface area contributed by atoms with Crippen molar-refractivity contribution in [2.24, 2.45) is 0 Å². The molecule has 0 aliphatic heterocycles. The number of carbonyl (C=O) groups excluding carboxylic acids is 1. The molecule has 3 rings (SSSR count). The van der Waals surface area contributed by atoms with Crippen molar-refractivity contribution in [3.63, 3.8) is 0 Å². The van der Waals surface area contributed by atoms with Gasteiger partial charge in [-0.2, -0.15) is 13.2 Å². The molecule has 7 heteroatoms. The summed E-state index contributed by atoms with van der Waals surface area (Å²) in [4.78, 5) is 14.6. The number of ether oxygens (including phenoxy) is 1. The monoisotopic (exact) mass is 443 g/mol. The fraction of sp³-hybridized carbons (Fsp3) is 0.240. The van der Waals surface area contributed by atoms with Crippen molar-refractivity contribution >= 4 is 5.91 Å². The number of benzene rings is 3. The van der Waals surface area contributed by atoms with Crippen molar-refractivity contribution in [1.29, 1.82) is 0 Å². The van der Waals surface area contributed by atoms with Crippen molar-refractivity contribution < 1.29 is 27.8 Å². The average molecular weight is 443 g/mol. The van der Waals surface area contributed by atoms with Gasteiger partial charge in [-0.05, 0) is 54.4 Å². The van der Waals surface area contributed by atoms with Crippen LogP contribution >= 0.6 is 0 Å². The van der Waals surface area contributed by atoms with Gasteiger partial charge >= 0.3 is 6.18 Å². The van der Waals surface area contributed by atoms with Crippen LogP contribution in [0, 0.1) is 6.92 Å². The SMILES string of the molecule is Cc1ccccc1CN(CC(O)COc1ccc(C(F)(F)F)cc1)C(=O)c1ccccc1. The fourth-order valence-corrected chi connectivity index (χ4v) is 3.22. The lowest BCUT2D eigenvalue weighted by Gasteiger charge is -2.26. The van der Waals surface area contributed by atoms with Gasteiger partial charge in [0.05, 0.1) is 12.1 Å². The van der Waals surface area contributed by atoms with E-state index in [2.05, 4.69) is 0 Å².